The molecule has 0 unspecified atom stereocenters. The third-order valence-corrected chi connectivity index (χ3v) is 2.95. The lowest BCUT2D eigenvalue weighted by Gasteiger charge is -2.20. The van der Waals surface area contributed by atoms with Crippen LogP contribution in [-0.4, -0.2) is 30.6 Å². The van der Waals surface area contributed by atoms with Crippen LogP contribution < -0.4 is 0 Å². The van der Waals surface area contributed by atoms with Gasteiger partial charge < -0.3 is 4.74 Å². The molecule has 2 rings (SSSR count). The van der Waals surface area contributed by atoms with E-state index in [0.29, 0.717) is 18.2 Å². The van der Waals surface area contributed by atoms with Crippen molar-refractivity contribution in [3.05, 3.63) is 35.6 Å². The van der Waals surface area contributed by atoms with Crippen molar-refractivity contribution < 1.29 is 13.9 Å². The van der Waals surface area contributed by atoms with Crippen molar-refractivity contribution in [1.29, 1.82) is 0 Å². The Kier molecular flexibility index (Phi) is 3.74. The average Bonchev–Trinajstić information content (AvgIpc) is 3.15. The smallest absolute Gasteiger partial charge is 0.319 e. The Morgan fingerprint density at radius 3 is 2.76 bits per heavy atom. The Hall–Kier alpha value is -1.42. The molecule has 1 aliphatic rings. The van der Waals surface area contributed by atoms with Gasteiger partial charge in [-0.25, -0.2) is 4.39 Å². The van der Waals surface area contributed by atoms with Gasteiger partial charge in [0, 0.05) is 18.2 Å². The van der Waals surface area contributed by atoms with Crippen molar-refractivity contribution >= 4 is 5.97 Å². The Balaban J connectivity index is 2.02. The minimum atomic E-state index is -0.270. The van der Waals surface area contributed by atoms with E-state index in [4.69, 9.17) is 0 Å². The largest absolute Gasteiger partial charge is 0.468 e. The van der Waals surface area contributed by atoms with Crippen molar-refractivity contribution in [2.75, 3.05) is 13.7 Å². The zero-order chi connectivity index (χ0) is 12.3. The molecule has 0 atom stereocenters. The molecule has 92 valence electrons. The fourth-order valence-electron chi connectivity index (χ4n) is 1.83. The van der Waals surface area contributed by atoms with Crippen LogP contribution in [-0.2, 0) is 16.1 Å². The van der Waals surface area contributed by atoms with E-state index in [1.165, 1.54) is 13.2 Å². The predicted molar refractivity (Wildman–Crippen MR) is 61.8 cm³/mol. The number of ether oxygens (including phenoxy) is 1. The number of carbonyl (C=O) groups excluding carboxylic acids is 1. The van der Waals surface area contributed by atoms with Crippen LogP contribution in [0.4, 0.5) is 4.39 Å². The Bertz CT molecular complexity index is 404. The van der Waals surface area contributed by atoms with Crippen LogP contribution in [0.25, 0.3) is 0 Å². The second-order valence-corrected chi connectivity index (χ2v) is 4.30. The lowest BCUT2D eigenvalue weighted by molar-refractivity contribution is -0.142. The highest BCUT2D eigenvalue weighted by Gasteiger charge is 2.30. The summed E-state index contributed by atoms with van der Waals surface area (Å²) in [6.45, 7) is 0.696. The van der Waals surface area contributed by atoms with E-state index in [-0.39, 0.29) is 18.3 Å². The zero-order valence-electron chi connectivity index (χ0n) is 9.86. The maximum atomic E-state index is 13.5. The van der Waals surface area contributed by atoms with Gasteiger partial charge >= 0.3 is 5.97 Å². The van der Waals surface area contributed by atoms with Gasteiger partial charge in [-0.15, -0.1) is 0 Å². The number of hydrogen-bond acceptors (Lipinski definition) is 3. The number of nitrogens with zero attached hydrogens (tertiary/aromatic N) is 1. The molecule has 0 aliphatic heterocycles. The fraction of sp³-hybridized carbons (Fsp3) is 0.462. The van der Waals surface area contributed by atoms with Gasteiger partial charge in [0.2, 0.25) is 0 Å². The molecule has 0 aromatic heterocycles. The molecule has 1 saturated carbocycles. The second-order valence-electron chi connectivity index (χ2n) is 4.30. The number of rotatable bonds is 5. The first-order chi connectivity index (χ1) is 8.20. The second kappa shape index (κ2) is 5.27. The average molecular weight is 237 g/mol. The van der Waals surface area contributed by atoms with Crippen molar-refractivity contribution in [2.24, 2.45) is 0 Å². The van der Waals surface area contributed by atoms with E-state index < -0.39 is 0 Å². The number of carbonyl (C=O) groups is 1. The van der Waals surface area contributed by atoms with Gasteiger partial charge in [0.25, 0.3) is 0 Å². The van der Waals surface area contributed by atoms with Crippen LogP contribution in [0.2, 0.25) is 0 Å². The van der Waals surface area contributed by atoms with E-state index in [0.717, 1.165) is 12.8 Å². The van der Waals surface area contributed by atoms with Gasteiger partial charge in [-0.2, -0.15) is 0 Å². The highest BCUT2D eigenvalue weighted by Crippen LogP contribution is 2.28. The van der Waals surface area contributed by atoms with Crippen LogP contribution in [0, 0.1) is 5.82 Å². The Morgan fingerprint density at radius 2 is 2.18 bits per heavy atom. The van der Waals surface area contributed by atoms with Gasteiger partial charge in [-0.3, -0.25) is 9.69 Å². The van der Waals surface area contributed by atoms with Crippen LogP contribution >= 0.6 is 0 Å². The lowest BCUT2D eigenvalue weighted by Crippen LogP contribution is -2.32. The summed E-state index contributed by atoms with van der Waals surface area (Å²) in [5.41, 5.74) is 0.628. The Labute approximate surface area is 100 Å². The van der Waals surface area contributed by atoms with Crippen molar-refractivity contribution in [3.8, 4) is 0 Å². The van der Waals surface area contributed by atoms with Gasteiger partial charge in [0.1, 0.15) is 5.82 Å². The molecule has 0 amide bonds. The van der Waals surface area contributed by atoms with Crippen LogP contribution in [0.3, 0.4) is 0 Å². The maximum absolute atomic E-state index is 13.5. The fourth-order valence-corrected chi connectivity index (χ4v) is 1.83. The summed E-state index contributed by atoms with van der Waals surface area (Å²) in [5, 5.41) is 0. The summed E-state index contributed by atoms with van der Waals surface area (Å²) >= 11 is 0. The van der Waals surface area contributed by atoms with E-state index in [1.807, 2.05) is 11.0 Å². The first-order valence-electron chi connectivity index (χ1n) is 5.75. The predicted octanol–water partition coefficient (Wildman–Crippen LogP) is 1.96. The van der Waals surface area contributed by atoms with Gasteiger partial charge in [-0.05, 0) is 18.9 Å². The molecule has 0 bridgehead atoms. The van der Waals surface area contributed by atoms with Crippen molar-refractivity contribution in [1.82, 2.24) is 4.90 Å². The van der Waals surface area contributed by atoms with Gasteiger partial charge in [-0.1, -0.05) is 18.2 Å². The number of methoxy groups -OCH3 is 1. The molecule has 1 aliphatic carbocycles. The first-order valence-corrected chi connectivity index (χ1v) is 5.75. The first kappa shape index (κ1) is 12.0. The van der Waals surface area contributed by atoms with Crippen LogP contribution in [0.15, 0.2) is 24.3 Å². The van der Waals surface area contributed by atoms with E-state index >= 15 is 0 Å². The summed E-state index contributed by atoms with van der Waals surface area (Å²) in [7, 11) is 1.37. The monoisotopic (exact) mass is 237 g/mol. The molecular formula is C13H16FNO2. The molecule has 1 fully saturated rings. The number of esters is 1. The molecule has 0 heterocycles. The summed E-state index contributed by atoms with van der Waals surface area (Å²) in [4.78, 5) is 13.2. The molecule has 17 heavy (non-hydrogen) atoms. The highest BCUT2D eigenvalue weighted by atomic mass is 19.1. The van der Waals surface area contributed by atoms with Crippen LogP contribution in [0.5, 0.6) is 0 Å². The number of benzene rings is 1. The normalized spacial score (nSPS) is 15.0. The number of hydrogen-bond donors (Lipinski definition) is 0. The third-order valence-electron chi connectivity index (χ3n) is 2.95. The van der Waals surface area contributed by atoms with E-state index in [1.54, 1.807) is 12.1 Å². The highest BCUT2D eigenvalue weighted by molar-refractivity contribution is 5.71. The quantitative estimate of drug-likeness (QED) is 0.733. The summed E-state index contributed by atoms with van der Waals surface area (Å²) in [6, 6.07) is 7.07. The summed E-state index contributed by atoms with van der Waals surface area (Å²) in [6.07, 6.45) is 2.15. The van der Waals surface area contributed by atoms with Crippen LogP contribution in [0.1, 0.15) is 18.4 Å². The molecular weight excluding hydrogens is 221 g/mol. The summed E-state index contributed by atoms with van der Waals surface area (Å²) in [5.74, 6) is -0.490. The van der Waals surface area contributed by atoms with Gasteiger partial charge in [0.15, 0.2) is 0 Å². The molecule has 1 aromatic carbocycles. The minimum Gasteiger partial charge on any atom is -0.468 e. The lowest BCUT2D eigenvalue weighted by atomic mass is 10.2. The summed E-state index contributed by atoms with van der Waals surface area (Å²) < 4.78 is 18.2. The topological polar surface area (TPSA) is 29.5 Å². The SMILES string of the molecule is COC(=O)CN(Cc1ccccc1F)C1CC1. The van der Waals surface area contributed by atoms with E-state index in [9.17, 15) is 9.18 Å². The number of halogens is 1. The van der Waals surface area contributed by atoms with Crippen molar-refractivity contribution in [3.63, 3.8) is 0 Å². The van der Waals surface area contributed by atoms with Crippen molar-refractivity contribution in [2.45, 2.75) is 25.4 Å². The Morgan fingerprint density at radius 1 is 1.47 bits per heavy atom. The van der Waals surface area contributed by atoms with E-state index in [2.05, 4.69) is 4.74 Å². The molecule has 0 radical (unpaired) electrons. The molecule has 3 nitrogen and oxygen atoms in total. The van der Waals surface area contributed by atoms with Gasteiger partial charge in [0.05, 0.1) is 13.7 Å². The molecule has 0 spiro atoms. The molecule has 0 N–H and O–H groups in total. The molecule has 1 aromatic rings. The molecule has 0 saturated heterocycles. The minimum absolute atomic E-state index is 0.219. The third kappa shape index (κ3) is 3.27. The zero-order valence-corrected chi connectivity index (χ0v) is 9.86. The standard InChI is InChI=1S/C13H16FNO2/c1-17-13(16)9-15(11-6-7-11)8-10-4-2-3-5-12(10)14/h2-5,11H,6-9H2,1H3. The maximum Gasteiger partial charge on any atom is 0.319 e. The molecule has 4 heteroatoms.